The molecule has 0 spiro atoms. The van der Waals surface area contributed by atoms with Crippen LogP contribution in [0.5, 0.6) is 0 Å². The third-order valence-electron chi connectivity index (χ3n) is 3.95. The Morgan fingerprint density at radius 2 is 1.83 bits per heavy atom. The maximum atomic E-state index is 8.81. The highest BCUT2D eigenvalue weighted by molar-refractivity contribution is 5.43. The van der Waals surface area contributed by atoms with Crippen molar-refractivity contribution in [2.45, 2.75) is 6.42 Å². The molecule has 1 N–H and O–H groups in total. The van der Waals surface area contributed by atoms with Crippen LogP contribution in [-0.4, -0.2) is 29.6 Å². The van der Waals surface area contributed by atoms with E-state index >= 15 is 0 Å². The molecule has 1 fully saturated rings. The van der Waals surface area contributed by atoms with Gasteiger partial charge in [0.2, 0.25) is 0 Å². The van der Waals surface area contributed by atoms with Crippen molar-refractivity contribution in [2.75, 3.05) is 29.9 Å². The van der Waals surface area contributed by atoms with E-state index in [0.29, 0.717) is 17.0 Å². The van der Waals surface area contributed by atoms with Gasteiger partial charge in [0.25, 0.3) is 0 Å². The molecule has 0 amide bonds. The van der Waals surface area contributed by atoms with Gasteiger partial charge < -0.3 is 10.2 Å². The third kappa shape index (κ3) is 3.56. The molecule has 3 heterocycles. The predicted octanol–water partition coefficient (Wildman–Crippen LogP) is 2.16. The minimum atomic E-state index is 0.518. The van der Waals surface area contributed by atoms with Gasteiger partial charge >= 0.3 is 0 Å². The number of anilines is 2. The molecule has 3 rings (SSSR count). The second kappa shape index (κ2) is 6.76. The van der Waals surface area contributed by atoms with Crippen LogP contribution in [0.1, 0.15) is 17.5 Å². The molecule has 6 nitrogen and oxygen atoms in total. The number of hydrogen-bond donors (Lipinski definition) is 1. The lowest BCUT2D eigenvalue weighted by Crippen LogP contribution is -2.23. The van der Waals surface area contributed by atoms with Crippen LogP contribution in [0.3, 0.4) is 0 Å². The molecule has 1 atom stereocenters. The first-order valence-electron chi connectivity index (χ1n) is 7.49. The van der Waals surface area contributed by atoms with Gasteiger partial charge in [0.1, 0.15) is 23.8 Å². The summed E-state index contributed by atoms with van der Waals surface area (Å²) in [4.78, 5) is 10.8. The number of hydrogen-bond acceptors (Lipinski definition) is 6. The standard InChI is InChI=1S/C17H16N6/c18-7-13-1-3-16(20-9-13)21-11-15-5-6-23(12-15)17-4-2-14(8-19)10-22-17/h1-4,9-10,15H,5-6,11-12H2,(H,20,21)/t15-/m1/s1. The summed E-state index contributed by atoms with van der Waals surface area (Å²) in [6.07, 6.45) is 4.27. The lowest BCUT2D eigenvalue weighted by molar-refractivity contribution is 0.621. The summed E-state index contributed by atoms with van der Waals surface area (Å²) in [5.41, 5.74) is 1.15. The number of aromatic nitrogens is 2. The number of rotatable bonds is 4. The van der Waals surface area contributed by atoms with Crippen LogP contribution >= 0.6 is 0 Å². The Kier molecular flexibility index (Phi) is 4.35. The van der Waals surface area contributed by atoms with E-state index in [1.807, 2.05) is 12.1 Å². The SMILES string of the molecule is N#Cc1ccc(NC[C@H]2CCN(c3ccc(C#N)cn3)C2)nc1. The molecule has 1 aliphatic rings. The Labute approximate surface area is 135 Å². The molecule has 1 saturated heterocycles. The minimum absolute atomic E-state index is 0.518. The molecule has 0 unspecified atom stereocenters. The van der Waals surface area contributed by atoms with E-state index in [2.05, 4.69) is 32.3 Å². The summed E-state index contributed by atoms with van der Waals surface area (Å²) in [5.74, 6) is 2.23. The van der Waals surface area contributed by atoms with Crippen LogP contribution in [0.25, 0.3) is 0 Å². The van der Waals surface area contributed by atoms with Gasteiger partial charge in [-0.05, 0) is 36.6 Å². The molecule has 23 heavy (non-hydrogen) atoms. The maximum absolute atomic E-state index is 8.81. The predicted molar refractivity (Wildman–Crippen MR) is 86.7 cm³/mol. The molecule has 2 aromatic rings. The molecule has 1 aliphatic heterocycles. The van der Waals surface area contributed by atoms with E-state index in [1.54, 1.807) is 24.5 Å². The lowest BCUT2D eigenvalue weighted by Gasteiger charge is -2.17. The maximum Gasteiger partial charge on any atom is 0.128 e. The molecule has 2 aromatic heterocycles. The second-order valence-corrected chi connectivity index (χ2v) is 5.54. The monoisotopic (exact) mass is 304 g/mol. The van der Waals surface area contributed by atoms with Crippen molar-refractivity contribution in [3.63, 3.8) is 0 Å². The Morgan fingerprint density at radius 3 is 2.43 bits per heavy atom. The van der Waals surface area contributed by atoms with Gasteiger partial charge in [-0.3, -0.25) is 0 Å². The van der Waals surface area contributed by atoms with Gasteiger partial charge in [0.05, 0.1) is 11.1 Å². The highest BCUT2D eigenvalue weighted by Crippen LogP contribution is 2.22. The van der Waals surface area contributed by atoms with Crippen LogP contribution in [0.2, 0.25) is 0 Å². The van der Waals surface area contributed by atoms with E-state index in [0.717, 1.165) is 37.7 Å². The van der Waals surface area contributed by atoms with Gasteiger partial charge in [-0.2, -0.15) is 10.5 Å². The average Bonchev–Trinajstić information content (AvgIpc) is 3.09. The summed E-state index contributed by atoms with van der Waals surface area (Å²) in [5, 5.41) is 20.9. The molecular weight excluding hydrogens is 288 g/mol. The number of nitriles is 2. The molecule has 114 valence electrons. The molecule has 0 aliphatic carbocycles. The van der Waals surface area contributed by atoms with Crippen molar-refractivity contribution < 1.29 is 0 Å². The number of pyridine rings is 2. The Balaban J connectivity index is 1.53. The smallest absolute Gasteiger partial charge is 0.128 e. The minimum Gasteiger partial charge on any atom is -0.370 e. The fourth-order valence-electron chi connectivity index (χ4n) is 2.66. The molecule has 0 aromatic carbocycles. The van der Waals surface area contributed by atoms with Gasteiger partial charge in [-0.25, -0.2) is 9.97 Å². The van der Waals surface area contributed by atoms with E-state index in [9.17, 15) is 0 Å². The van der Waals surface area contributed by atoms with E-state index in [1.165, 1.54) is 0 Å². The zero-order valence-corrected chi connectivity index (χ0v) is 12.6. The number of nitrogens with one attached hydrogen (secondary N) is 1. The Hall–Kier alpha value is -3.12. The van der Waals surface area contributed by atoms with Crippen LogP contribution < -0.4 is 10.2 Å². The topological polar surface area (TPSA) is 88.6 Å². The highest BCUT2D eigenvalue weighted by atomic mass is 15.2. The zero-order valence-electron chi connectivity index (χ0n) is 12.6. The molecular formula is C17H16N6. The van der Waals surface area contributed by atoms with Crippen LogP contribution in [0.4, 0.5) is 11.6 Å². The van der Waals surface area contributed by atoms with Crippen LogP contribution in [0, 0.1) is 28.6 Å². The van der Waals surface area contributed by atoms with E-state index in [-0.39, 0.29) is 0 Å². The fourth-order valence-corrected chi connectivity index (χ4v) is 2.66. The fraction of sp³-hybridized carbons (Fsp3) is 0.294. The van der Waals surface area contributed by atoms with Crippen molar-refractivity contribution in [1.82, 2.24) is 9.97 Å². The lowest BCUT2D eigenvalue weighted by atomic mass is 10.1. The average molecular weight is 304 g/mol. The Morgan fingerprint density at radius 1 is 1.09 bits per heavy atom. The van der Waals surface area contributed by atoms with Crippen molar-refractivity contribution >= 4 is 11.6 Å². The normalized spacial score (nSPS) is 16.6. The summed E-state index contributed by atoms with van der Waals surface area (Å²) in [7, 11) is 0. The van der Waals surface area contributed by atoms with E-state index < -0.39 is 0 Å². The molecule has 0 bridgehead atoms. The Bertz CT molecular complexity index is 739. The first-order valence-corrected chi connectivity index (χ1v) is 7.49. The van der Waals surface area contributed by atoms with Crippen molar-refractivity contribution in [3.8, 4) is 12.1 Å². The second-order valence-electron chi connectivity index (χ2n) is 5.54. The van der Waals surface area contributed by atoms with Gasteiger partial charge in [-0.1, -0.05) is 0 Å². The number of nitrogens with zero attached hydrogens (tertiary/aromatic N) is 5. The first kappa shape index (κ1) is 14.8. The summed E-state index contributed by atoms with van der Waals surface area (Å²) in [6.45, 7) is 2.74. The zero-order chi connectivity index (χ0) is 16.1. The summed E-state index contributed by atoms with van der Waals surface area (Å²) < 4.78 is 0. The van der Waals surface area contributed by atoms with Crippen LogP contribution in [-0.2, 0) is 0 Å². The van der Waals surface area contributed by atoms with Gasteiger partial charge in [0.15, 0.2) is 0 Å². The quantitative estimate of drug-likeness (QED) is 0.931. The first-order chi connectivity index (χ1) is 11.3. The van der Waals surface area contributed by atoms with E-state index in [4.69, 9.17) is 10.5 Å². The third-order valence-corrected chi connectivity index (χ3v) is 3.95. The molecule has 0 radical (unpaired) electrons. The highest BCUT2D eigenvalue weighted by Gasteiger charge is 2.23. The molecule has 6 heteroatoms. The largest absolute Gasteiger partial charge is 0.370 e. The van der Waals surface area contributed by atoms with Crippen molar-refractivity contribution in [3.05, 3.63) is 47.8 Å². The molecule has 0 saturated carbocycles. The van der Waals surface area contributed by atoms with Crippen molar-refractivity contribution in [1.29, 1.82) is 10.5 Å². The summed E-state index contributed by atoms with van der Waals surface area (Å²) in [6, 6.07) is 11.4. The summed E-state index contributed by atoms with van der Waals surface area (Å²) >= 11 is 0. The van der Waals surface area contributed by atoms with Crippen molar-refractivity contribution in [2.24, 2.45) is 5.92 Å². The van der Waals surface area contributed by atoms with Crippen LogP contribution in [0.15, 0.2) is 36.7 Å². The van der Waals surface area contributed by atoms with Gasteiger partial charge in [0, 0.05) is 32.0 Å². The van der Waals surface area contributed by atoms with Gasteiger partial charge in [-0.15, -0.1) is 0 Å².